The van der Waals surface area contributed by atoms with Gasteiger partial charge in [0, 0.05) is 18.7 Å². The number of ether oxygens (including phenoxy) is 1. The van der Waals surface area contributed by atoms with Gasteiger partial charge in [0.25, 0.3) is 0 Å². The molecule has 6 heteroatoms. The minimum atomic E-state index is -0.0347. The minimum Gasteiger partial charge on any atom is -0.496 e. The standard InChI is InChI=1S/C28H33N5O/c1-34-25-9-5-4-8-24(25)26(32-11-10-22-6-2-3-7-23(22)18-32)27-29-30-31-33(27)28-15-19-12-20(16-28)14-21(13-19)17-28/h2-9,19-21,26H,10-18H2,1H3. The Labute approximate surface area is 201 Å². The second kappa shape index (κ2) is 7.91. The van der Waals surface area contributed by atoms with Crippen molar-refractivity contribution < 1.29 is 4.74 Å². The van der Waals surface area contributed by atoms with Crippen molar-refractivity contribution in [3.63, 3.8) is 0 Å². The summed E-state index contributed by atoms with van der Waals surface area (Å²) in [5.41, 5.74) is 4.10. The van der Waals surface area contributed by atoms with Crippen molar-refractivity contribution in [2.75, 3.05) is 13.7 Å². The van der Waals surface area contributed by atoms with Gasteiger partial charge in [-0.3, -0.25) is 4.90 Å². The first-order chi connectivity index (χ1) is 16.7. The Hall–Kier alpha value is -2.73. The summed E-state index contributed by atoms with van der Waals surface area (Å²) < 4.78 is 8.16. The largest absolute Gasteiger partial charge is 0.496 e. The van der Waals surface area contributed by atoms with Gasteiger partial charge >= 0.3 is 0 Å². The molecule has 34 heavy (non-hydrogen) atoms. The van der Waals surface area contributed by atoms with Gasteiger partial charge in [-0.15, -0.1) is 5.10 Å². The van der Waals surface area contributed by atoms with Gasteiger partial charge in [0.15, 0.2) is 5.82 Å². The third-order valence-electron chi connectivity index (χ3n) is 9.15. The maximum absolute atomic E-state index is 5.87. The number of rotatable bonds is 5. The zero-order valence-corrected chi connectivity index (χ0v) is 19.9. The van der Waals surface area contributed by atoms with Crippen LogP contribution in [-0.2, 0) is 18.5 Å². The number of aromatic nitrogens is 4. The summed E-state index contributed by atoms with van der Waals surface area (Å²) in [4.78, 5) is 2.56. The third kappa shape index (κ3) is 3.22. The van der Waals surface area contributed by atoms with Gasteiger partial charge in [0.2, 0.25) is 0 Å². The first kappa shape index (κ1) is 20.6. The van der Waals surface area contributed by atoms with Crippen LogP contribution in [0.1, 0.15) is 67.1 Å². The van der Waals surface area contributed by atoms with Crippen molar-refractivity contribution >= 4 is 0 Å². The van der Waals surface area contributed by atoms with E-state index in [9.17, 15) is 0 Å². The molecule has 1 atom stereocenters. The van der Waals surface area contributed by atoms with Crippen LogP contribution in [0.15, 0.2) is 48.5 Å². The zero-order valence-electron chi connectivity index (χ0n) is 19.9. The number of benzene rings is 2. The summed E-state index contributed by atoms with van der Waals surface area (Å²) in [6.07, 6.45) is 8.98. The molecule has 0 N–H and O–H groups in total. The summed E-state index contributed by atoms with van der Waals surface area (Å²) in [7, 11) is 1.77. The molecule has 1 aromatic heterocycles. The highest BCUT2D eigenvalue weighted by atomic mass is 16.5. The molecule has 5 aliphatic rings. The molecule has 4 saturated carbocycles. The summed E-state index contributed by atoms with van der Waals surface area (Å²) in [5, 5.41) is 13.8. The molecular weight excluding hydrogens is 422 g/mol. The topological polar surface area (TPSA) is 56.1 Å². The van der Waals surface area contributed by atoms with Gasteiger partial charge in [-0.25, -0.2) is 4.68 Å². The number of para-hydroxylation sites is 1. The lowest BCUT2D eigenvalue weighted by Crippen LogP contribution is -2.53. The highest BCUT2D eigenvalue weighted by molar-refractivity contribution is 5.40. The number of tetrazole rings is 1. The van der Waals surface area contributed by atoms with Crippen molar-refractivity contribution in [3.8, 4) is 5.75 Å². The highest BCUT2D eigenvalue weighted by Gasteiger charge is 2.54. The number of hydrogen-bond donors (Lipinski definition) is 0. The van der Waals surface area contributed by atoms with Crippen LogP contribution in [0.3, 0.4) is 0 Å². The highest BCUT2D eigenvalue weighted by Crippen LogP contribution is 2.59. The van der Waals surface area contributed by atoms with E-state index in [1.165, 1.54) is 49.7 Å². The Bertz CT molecular complexity index is 1170. The number of hydrogen-bond acceptors (Lipinski definition) is 5. The van der Waals surface area contributed by atoms with Gasteiger partial charge < -0.3 is 4.74 Å². The zero-order chi connectivity index (χ0) is 22.7. The molecule has 8 rings (SSSR count). The van der Waals surface area contributed by atoms with E-state index in [1.807, 2.05) is 6.07 Å². The summed E-state index contributed by atoms with van der Waals surface area (Å²) in [5.74, 6) is 4.43. The monoisotopic (exact) mass is 455 g/mol. The van der Waals surface area contributed by atoms with E-state index in [4.69, 9.17) is 15.0 Å². The molecule has 2 aromatic carbocycles. The van der Waals surface area contributed by atoms with Crippen molar-refractivity contribution in [3.05, 3.63) is 71.0 Å². The van der Waals surface area contributed by atoms with Crippen LogP contribution in [0.4, 0.5) is 0 Å². The molecule has 3 aromatic rings. The Morgan fingerprint density at radius 3 is 2.32 bits per heavy atom. The molecule has 176 valence electrons. The van der Waals surface area contributed by atoms with Crippen LogP contribution >= 0.6 is 0 Å². The van der Waals surface area contributed by atoms with Gasteiger partial charge in [0.05, 0.1) is 12.6 Å². The van der Waals surface area contributed by atoms with Crippen molar-refractivity contribution in [2.24, 2.45) is 17.8 Å². The van der Waals surface area contributed by atoms with E-state index < -0.39 is 0 Å². The average molecular weight is 456 g/mol. The predicted molar refractivity (Wildman–Crippen MR) is 129 cm³/mol. The third-order valence-corrected chi connectivity index (χ3v) is 9.15. The molecule has 0 spiro atoms. The predicted octanol–water partition coefficient (Wildman–Crippen LogP) is 4.75. The lowest BCUT2D eigenvalue weighted by atomic mass is 9.53. The molecule has 2 heterocycles. The fourth-order valence-electron chi connectivity index (χ4n) is 8.16. The molecule has 4 aliphatic carbocycles. The van der Waals surface area contributed by atoms with Crippen LogP contribution in [0.5, 0.6) is 5.75 Å². The molecule has 0 saturated heterocycles. The Kier molecular flexibility index (Phi) is 4.80. The van der Waals surface area contributed by atoms with E-state index in [2.05, 4.69) is 57.3 Å². The van der Waals surface area contributed by atoms with Crippen LogP contribution in [0.25, 0.3) is 0 Å². The molecule has 1 aliphatic heterocycles. The number of fused-ring (bicyclic) bond motifs is 1. The second-order valence-corrected chi connectivity index (χ2v) is 11.2. The lowest BCUT2D eigenvalue weighted by Gasteiger charge is -2.56. The van der Waals surface area contributed by atoms with Crippen molar-refractivity contribution in [1.29, 1.82) is 0 Å². The van der Waals surface area contributed by atoms with E-state index >= 15 is 0 Å². The molecule has 0 radical (unpaired) electrons. The molecule has 1 unspecified atom stereocenters. The van der Waals surface area contributed by atoms with Crippen molar-refractivity contribution in [2.45, 2.75) is 63.1 Å². The number of nitrogens with zero attached hydrogens (tertiary/aromatic N) is 5. The van der Waals surface area contributed by atoms with E-state index in [-0.39, 0.29) is 11.6 Å². The van der Waals surface area contributed by atoms with Gasteiger partial charge in [0.1, 0.15) is 11.8 Å². The van der Waals surface area contributed by atoms with Crippen LogP contribution in [0, 0.1) is 17.8 Å². The van der Waals surface area contributed by atoms with E-state index in [0.29, 0.717) is 0 Å². The molecule has 4 fully saturated rings. The van der Waals surface area contributed by atoms with Crippen LogP contribution in [0.2, 0.25) is 0 Å². The fourth-order valence-corrected chi connectivity index (χ4v) is 8.16. The quantitative estimate of drug-likeness (QED) is 0.555. The molecule has 6 nitrogen and oxygen atoms in total. The maximum atomic E-state index is 5.87. The Balaban J connectivity index is 1.34. The van der Waals surface area contributed by atoms with Gasteiger partial charge in [-0.05, 0) is 90.3 Å². The first-order valence-corrected chi connectivity index (χ1v) is 12.9. The molecular formula is C28H33N5O. The Morgan fingerprint density at radius 1 is 0.912 bits per heavy atom. The lowest BCUT2D eigenvalue weighted by molar-refractivity contribution is -0.0532. The van der Waals surface area contributed by atoms with Crippen molar-refractivity contribution in [1.82, 2.24) is 25.1 Å². The summed E-state index contributed by atoms with van der Waals surface area (Å²) >= 11 is 0. The summed E-state index contributed by atoms with van der Waals surface area (Å²) in [6.45, 7) is 1.88. The average Bonchev–Trinajstić information content (AvgIpc) is 3.34. The smallest absolute Gasteiger partial charge is 0.173 e. The SMILES string of the molecule is COc1ccccc1C(c1nnnn1C12CC3CC(CC(C3)C1)C2)N1CCc2ccccc2C1. The summed E-state index contributed by atoms with van der Waals surface area (Å²) in [6, 6.07) is 17.2. The van der Waals surface area contributed by atoms with Crippen LogP contribution in [-0.4, -0.2) is 38.8 Å². The fraction of sp³-hybridized carbons (Fsp3) is 0.536. The maximum Gasteiger partial charge on any atom is 0.173 e. The van der Waals surface area contributed by atoms with Gasteiger partial charge in [-0.2, -0.15) is 0 Å². The van der Waals surface area contributed by atoms with E-state index in [1.54, 1.807) is 7.11 Å². The van der Waals surface area contributed by atoms with Crippen LogP contribution < -0.4 is 4.74 Å². The van der Waals surface area contributed by atoms with E-state index in [0.717, 1.165) is 54.4 Å². The molecule has 0 amide bonds. The van der Waals surface area contributed by atoms with Gasteiger partial charge in [-0.1, -0.05) is 42.5 Å². The molecule has 4 bridgehead atoms. The second-order valence-electron chi connectivity index (χ2n) is 11.2. The first-order valence-electron chi connectivity index (χ1n) is 12.9. The normalized spacial score (nSPS) is 30.8. The number of methoxy groups -OCH3 is 1. The Morgan fingerprint density at radius 2 is 1.59 bits per heavy atom. The minimum absolute atomic E-state index is 0.0347.